The number of nitrogens with one attached hydrogen (secondary N) is 1. The lowest BCUT2D eigenvalue weighted by Gasteiger charge is -2.09. The first-order valence-corrected chi connectivity index (χ1v) is 7.71. The van der Waals surface area contributed by atoms with Gasteiger partial charge in [0.1, 0.15) is 5.75 Å². The molecule has 0 amide bonds. The highest BCUT2D eigenvalue weighted by Crippen LogP contribution is 2.22. The van der Waals surface area contributed by atoms with Crippen molar-refractivity contribution in [3.63, 3.8) is 0 Å². The molecule has 0 saturated carbocycles. The lowest BCUT2D eigenvalue weighted by Crippen LogP contribution is -2.13. The van der Waals surface area contributed by atoms with Gasteiger partial charge in [0.2, 0.25) is 0 Å². The van der Waals surface area contributed by atoms with Crippen molar-refractivity contribution < 1.29 is 18.3 Å². The molecule has 0 spiro atoms. The largest absolute Gasteiger partial charge is 0.508 e. The summed E-state index contributed by atoms with van der Waals surface area (Å²) < 4.78 is 26.9. The summed E-state index contributed by atoms with van der Waals surface area (Å²) in [5.74, 6) is -0.0233. The summed E-state index contributed by atoms with van der Waals surface area (Å²) in [5.41, 5.74) is 1.39. The Kier molecular flexibility index (Phi) is 3.99. The number of carbonyl (C=O) groups is 1. The average Bonchev–Trinajstić information content (AvgIpc) is 2.43. The van der Waals surface area contributed by atoms with E-state index in [0.717, 1.165) is 0 Å². The second kappa shape index (κ2) is 5.57. The quantitative estimate of drug-likeness (QED) is 0.672. The molecule has 0 radical (unpaired) electrons. The Balaban J connectivity index is 2.29. The van der Waals surface area contributed by atoms with Gasteiger partial charge < -0.3 is 5.11 Å². The third-order valence-electron chi connectivity index (χ3n) is 3.02. The molecule has 5 nitrogen and oxygen atoms in total. The van der Waals surface area contributed by atoms with Crippen LogP contribution < -0.4 is 4.72 Å². The van der Waals surface area contributed by atoms with Crippen LogP contribution >= 0.6 is 0 Å². The Bertz CT molecular complexity index is 780. The minimum atomic E-state index is -3.73. The van der Waals surface area contributed by atoms with Crippen LogP contribution in [-0.4, -0.2) is 19.3 Å². The fourth-order valence-electron chi connectivity index (χ4n) is 1.80. The number of anilines is 1. The molecule has 0 unspecified atom stereocenters. The fourth-order valence-corrected chi connectivity index (χ4v) is 2.85. The first-order valence-electron chi connectivity index (χ1n) is 6.23. The molecule has 0 aromatic heterocycles. The molecule has 6 heteroatoms. The predicted octanol–water partition coefficient (Wildman–Crippen LogP) is 2.70. The summed E-state index contributed by atoms with van der Waals surface area (Å²) in [7, 11) is -3.73. The second-order valence-corrected chi connectivity index (χ2v) is 6.37. The van der Waals surface area contributed by atoms with Crippen molar-refractivity contribution in [3.8, 4) is 5.75 Å². The summed E-state index contributed by atoms with van der Waals surface area (Å²) in [6, 6.07) is 10.1. The van der Waals surface area contributed by atoms with Gasteiger partial charge in [-0.3, -0.25) is 9.52 Å². The first kappa shape index (κ1) is 15.1. The smallest absolute Gasteiger partial charge is 0.261 e. The monoisotopic (exact) mass is 305 g/mol. The Morgan fingerprint density at radius 3 is 2.24 bits per heavy atom. The van der Waals surface area contributed by atoms with Gasteiger partial charge >= 0.3 is 0 Å². The molecule has 2 aromatic carbocycles. The number of phenols is 1. The molecule has 0 heterocycles. The van der Waals surface area contributed by atoms with Gasteiger partial charge in [0.05, 0.1) is 4.90 Å². The summed E-state index contributed by atoms with van der Waals surface area (Å²) in [6.07, 6.45) is 0. The summed E-state index contributed by atoms with van der Waals surface area (Å²) in [5, 5.41) is 9.43. The van der Waals surface area contributed by atoms with Gasteiger partial charge in [0, 0.05) is 11.3 Å². The Hall–Kier alpha value is -2.34. The lowest BCUT2D eigenvalue weighted by atomic mass is 10.2. The Morgan fingerprint density at radius 2 is 1.71 bits per heavy atom. The van der Waals surface area contributed by atoms with Gasteiger partial charge in [-0.25, -0.2) is 8.42 Å². The number of hydrogen-bond acceptors (Lipinski definition) is 4. The number of carbonyl (C=O) groups excluding carboxylic acids is 1. The number of rotatable bonds is 4. The molecule has 0 aliphatic heterocycles. The maximum atomic E-state index is 12.2. The third-order valence-corrected chi connectivity index (χ3v) is 4.42. The van der Waals surface area contributed by atoms with Gasteiger partial charge in [0.15, 0.2) is 5.78 Å². The highest BCUT2D eigenvalue weighted by Gasteiger charge is 2.15. The maximum Gasteiger partial charge on any atom is 0.261 e. The zero-order chi connectivity index (χ0) is 15.6. The van der Waals surface area contributed by atoms with Crippen molar-refractivity contribution >= 4 is 21.5 Å². The standard InChI is InChI=1S/C15H15NO4S/c1-10-9-13(5-8-15(10)18)16-21(19,20)14-6-3-12(4-7-14)11(2)17/h3-9,16,18H,1-2H3. The highest BCUT2D eigenvalue weighted by atomic mass is 32.2. The maximum absolute atomic E-state index is 12.2. The van der Waals surface area contributed by atoms with E-state index < -0.39 is 10.0 Å². The van der Waals surface area contributed by atoms with Crippen molar-refractivity contribution in [1.29, 1.82) is 0 Å². The van der Waals surface area contributed by atoms with Crippen LogP contribution in [0.15, 0.2) is 47.4 Å². The topological polar surface area (TPSA) is 83.5 Å². The summed E-state index contributed by atoms with van der Waals surface area (Å²) in [6.45, 7) is 3.09. The van der Waals surface area contributed by atoms with Crippen molar-refractivity contribution in [2.45, 2.75) is 18.7 Å². The molecular formula is C15H15NO4S. The van der Waals surface area contributed by atoms with Crippen LogP contribution in [-0.2, 0) is 10.0 Å². The van der Waals surface area contributed by atoms with Crippen LogP contribution in [0.25, 0.3) is 0 Å². The van der Waals surface area contributed by atoms with E-state index in [-0.39, 0.29) is 16.4 Å². The van der Waals surface area contributed by atoms with Gasteiger partial charge in [-0.2, -0.15) is 0 Å². The Morgan fingerprint density at radius 1 is 1.10 bits per heavy atom. The van der Waals surface area contributed by atoms with E-state index in [1.807, 2.05) is 0 Å². The van der Waals surface area contributed by atoms with Crippen LogP contribution in [0.2, 0.25) is 0 Å². The first-order chi connectivity index (χ1) is 9.79. The molecular weight excluding hydrogens is 290 g/mol. The van der Waals surface area contributed by atoms with E-state index in [0.29, 0.717) is 16.8 Å². The number of sulfonamides is 1. The molecule has 0 atom stereocenters. The van der Waals surface area contributed by atoms with Crippen molar-refractivity contribution in [2.75, 3.05) is 4.72 Å². The third kappa shape index (κ3) is 3.41. The van der Waals surface area contributed by atoms with Crippen molar-refractivity contribution in [3.05, 3.63) is 53.6 Å². The zero-order valence-electron chi connectivity index (χ0n) is 11.6. The number of aromatic hydroxyl groups is 1. The van der Waals surface area contributed by atoms with E-state index in [4.69, 9.17) is 0 Å². The van der Waals surface area contributed by atoms with Gasteiger partial charge in [0.25, 0.3) is 10.0 Å². The molecule has 2 rings (SSSR count). The fraction of sp³-hybridized carbons (Fsp3) is 0.133. The van der Waals surface area contributed by atoms with E-state index in [1.165, 1.54) is 49.4 Å². The van der Waals surface area contributed by atoms with Crippen LogP contribution in [0.1, 0.15) is 22.8 Å². The molecule has 0 aliphatic carbocycles. The molecule has 21 heavy (non-hydrogen) atoms. The van der Waals surface area contributed by atoms with Gasteiger partial charge in [-0.05, 0) is 49.7 Å². The lowest BCUT2D eigenvalue weighted by molar-refractivity contribution is 0.101. The number of hydrogen-bond donors (Lipinski definition) is 2. The molecule has 0 aliphatic rings. The van der Waals surface area contributed by atoms with Crippen molar-refractivity contribution in [1.82, 2.24) is 0 Å². The number of Topliss-reactive ketones (excluding diaryl/α,β-unsaturated/α-hetero) is 1. The normalized spacial score (nSPS) is 11.1. The SMILES string of the molecule is CC(=O)c1ccc(S(=O)(=O)Nc2ccc(O)c(C)c2)cc1. The number of aryl methyl sites for hydroxylation is 1. The number of phenolic OH excluding ortho intramolecular Hbond substituents is 1. The molecule has 2 N–H and O–H groups in total. The highest BCUT2D eigenvalue weighted by molar-refractivity contribution is 7.92. The zero-order valence-corrected chi connectivity index (χ0v) is 12.4. The van der Waals surface area contributed by atoms with E-state index in [9.17, 15) is 18.3 Å². The second-order valence-electron chi connectivity index (χ2n) is 4.69. The molecule has 0 saturated heterocycles. The van der Waals surface area contributed by atoms with Gasteiger partial charge in [-0.15, -0.1) is 0 Å². The van der Waals surface area contributed by atoms with Crippen molar-refractivity contribution in [2.24, 2.45) is 0 Å². The summed E-state index contributed by atoms with van der Waals surface area (Å²) >= 11 is 0. The van der Waals surface area contributed by atoms with Crippen LogP contribution in [0.3, 0.4) is 0 Å². The van der Waals surface area contributed by atoms with Gasteiger partial charge in [-0.1, -0.05) is 12.1 Å². The van der Waals surface area contributed by atoms with Crippen LogP contribution in [0.5, 0.6) is 5.75 Å². The molecule has 2 aromatic rings. The number of ketones is 1. The molecule has 110 valence electrons. The predicted molar refractivity (Wildman–Crippen MR) is 80.1 cm³/mol. The van der Waals surface area contributed by atoms with E-state index in [2.05, 4.69) is 4.72 Å². The Labute approximate surface area is 123 Å². The van der Waals surface area contributed by atoms with E-state index >= 15 is 0 Å². The minimum Gasteiger partial charge on any atom is -0.508 e. The van der Waals surface area contributed by atoms with E-state index in [1.54, 1.807) is 6.92 Å². The average molecular weight is 305 g/mol. The van der Waals surface area contributed by atoms with Crippen LogP contribution in [0.4, 0.5) is 5.69 Å². The number of benzene rings is 2. The summed E-state index contributed by atoms with van der Waals surface area (Å²) in [4.78, 5) is 11.2. The minimum absolute atomic E-state index is 0.0678. The van der Waals surface area contributed by atoms with Crippen LogP contribution in [0, 0.1) is 6.92 Å². The molecule has 0 fully saturated rings. The molecule has 0 bridgehead atoms.